The number of hydrogen-bond donors (Lipinski definition) is 1. The highest BCUT2D eigenvalue weighted by Gasteiger charge is 2.14. The van der Waals surface area contributed by atoms with Gasteiger partial charge in [-0.25, -0.2) is 0 Å². The first kappa shape index (κ1) is 18.8. The van der Waals surface area contributed by atoms with Gasteiger partial charge >= 0.3 is 0 Å². The molecule has 8 heteroatoms. The summed E-state index contributed by atoms with van der Waals surface area (Å²) < 4.78 is 11.5. The summed E-state index contributed by atoms with van der Waals surface area (Å²) in [5, 5.41) is 12.1. The summed E-state index contributed by atoms with van der Waals surface area (Å²) in [5.74, 6) is 0.829. The molecule has 140 valence electrons. The van der Waals surface area contributed by atoms with Crippen LogP contribution in [-0.2, 0) is 13.0 Å². The lowest BCUT2D eigenvalue weighted by atomic mass is 10.2. The molecule has 0 aliphatic heterocycles. The molecule has 0 fully saturated rings. The van der Waals surface area contributed by atoms with Crippen LogP contribution in [-0.4, -0.2) is 27.7 Å². The van der Waals surface area contributed by atoms with Gasteiger partial charge in [0.1, 0.15) is 11.6 Å². The number of rotatable bonds is 8. The molecule has 2 heterocycles. The Bertz CT molecular complexity index is 899. The first-order chi connectivity index (χ1) is 13.2. The maximum absolute atomic E-state index is 12.5. The number of hydrogen-bond acceptors (Lipinski definition) is 7. The number of nitrogens with one attached hydrogen (secondary N) is 1. The second-order valence-electron chi connectivity index (χ2n) is 5.55. The van der Waals surface area contributed by atoms with E-state index in [-0.39, 0.29) is 5.91 Å². The molecule has 7 nitrogen and oxygen atoms in total. The minimum atomic E-state index is -0.268. The Morgan fingerprint density at radius 3 is 2.59 bits per heavy atom. The summed E-state index contributed by atoms with van der Waals surface area (Å²) in [5.41, 5.74) is 1.46. The van der Waals surface area contributed by atoms with Crippen molar-refractivity contribution in [2.45, 2.75) is 26.9 Å². The fraction of sp³-hybridized carbons (Fsp3) is 0.263. The van der Waals surface area contributed by atoms with Crippen molar-refractivity contribution in [1.29, 1.82) is 0 Å². The Labute approximate surface area is 161 Å². The minimum Gasteiger partial charge on any atom is -0.490 e. The Balaban J connectivity index is 1.72. The van der Waals surface area contributed by atoms with Crippen LogP contribution >= 0.6 is 11.3 Å². The van der Waals surface area contributed by atoms with Crippen molar-refractivity contribution in [2.75, 3.05) is 11.9 Å². The standard InChI is InChI=1S/C19H20N4O3S/c1-3-17-22-23-19(27-17)21-18(24)14-5-6-15(16(11-14)25-4-2)26-12-13-7-9-20-10-8-13/h5-11H,3-4,12H2,1-2H3,(H,21,23,24). The average Bonchev–Trinajstić information content (AvgIpc) is 3.15. The van der Waals surface area contributed by atoms with Gasteiger partial charge in [-0.3, -0.25) is 15.1 Å². The van der Waals surface area contributed by atoms with Gasteiger partial charge in [0.25, 0.3) is 5.91 Å². The maximum atomic E-state index is 12.5. The molecule has 0 aliphatic rings. The maximum Gasteiger partial charge on any atom is 0.257 e. The van der Waals surface area contributed by atoms with Crippen molar-refractivity contribution < 1.29 is 14.3 Å². The van der Waals surface area contributed by atoms with E-state index in [1.54, 1.807) is 30.6 Å². The number of carbonyl (C=O) groups excluding carboxylic acids is 1. The summed E-state index contributed by atoms with van der Waals surface area (Å²) in [6.07, 6.45) is 4.21. The Morgan fingerprint density at radius 2 is 1.89 bits per heavy atom. The van der Waals surface area contributed by atoms with Crippen LogP contribution in [0.2, 0.25) is 0 Å². The van der Waals surface area contributed by atoms with Gasteiger partial charge < -0.3 is 9.47 Å². The summed E-state index contributed by atoms with van der Waals surface area (Å²) in [6, 6.07) is 8.87. The van der Waals surface area contributed by atoms with Crippen LogP contribution in [0.3, 0.4) is 0 Å². The molecule has 0 saturated carbocycles. The number of amides is 1. The fourth-order valence-electron chi connectivity index (χ4n) is 2.29. The van der Waals surface area contributed by atoms with Gasteiger partial charge in [-0.1, -0.05) is 18.3 Å². The molecule has 0 bridgehead atoms. The highest BCUT2D eigenvalue weighted by molar-refractivity contribution is 7.15. The molecule has 1 amide bonds. The zero-order chi connectivity index (χ0) is 19.1. The lowest BCUT2D eigenvalue weighted by Gasteiger charge is -2.13. The quantitative estimate of drug-likeness (QED) is 0.637. The number of carbonyl (C=O) groups is 1. The molecule has 27 heavy (non-hydrogen) atoms. The van der Waals surface area contributed by atoms with Crippen LogP contribution in [0.25, 0.3) is 0 Å². The van der Waals surface area contributed by atoms with E-state index in [0.717, 1.165) is 17.0 Å². The van der Waals surface area contributed by atoms with E-state index in [2.05, 4.69) is 20.5 Å². The second kappa shape index (κ2) is 9.09. The number of aryl methyl sites for hydroxylation is 1. The molecular weight excluding hydrogens is 364 g/mol. The van der Waals surface area contributed by atoms with Crippen LogP contribution in [0.15, 0.2) is 42.7 Å². The molecule has 0 radical (unpaired) electrons. The normalized spacial score (nSPS) is 10.4. The van der Waals surface area contributed by atoms with Gasteiger partial charge in [-0.15, -0.1) is 10.2 Å². The predicted molar refractivity (Wildman–Crippen MR) is 103 cm³/mol. The van der Waals surface area contributed by atoms with Crippen molar-refractivity contribution in [3.8, 4) is 11.5 Å². The summed E-state index contributed by atoms with van der Waals surface area (Å²) in [4.78, 5) is 16.5. The van der Waals surface area contributed by atoms with E-state index >= 15 is 0 Å². The van der Waals surface area contributed by atoms with Crippen LogP contribution in [0, 0.1) is 0 Å². The van der Waals surface area contributed by atoms with E-state index in [9.17, 15) is 4.79 Å². The SMILES string of the molecule is CCOc1cc(C(=O)Nc2nnc(CC)s2)ccc1OCc1ccncc1. The van der Waals surface area contributed by atoms with Gasteiger partial charge in [0.15, 0.2) is 11.5 Å². The van der Waals surface area contributed by atoms with Crippen LogP contribution < -0.4 is 14.8 Å². The lowest BCUT2D eigenvalue weighted by Crippen LogP contribution is -2.12. The van der Waals surface area contributed by atoms with E-state index in [1.165, 1.54) is 11.3 Å². The van der Waals surface area contributed by atoms with Gasteiger partial charge in [-0.05, 0) is 49.2 Å². The molecule has 0 aliphatic carbocycles. The Hall–Kier alpha value is -3.00. The number of aromatic nitrogens is 3. The Morgan fingerprint density at radius 1 is 1.07 bits per heavy atom. The minimum absolute atomic E-state index is 0.268. The summed E-state index contributed by atoms with van der Waals surface area (Å²) in [7, 11) is 0. The molecule has 1 aromatic carbocycles. The van der Waals surface area contributed by atoms with E-state index in [1.807, 2.05) is 26.0 Å². The topological polar surface area (TPSA) is 86.2 Å². The Kier molecular flexibility index (Phi) is 6.32. The third-order valence-electron chi connectivity index (χ3n) is 3.64. The molecule has 0 saturated heterocycles. The second-order valence-corrected chi connectivity index (χ2v) is 6.61. The first-order valence-corrected chi connectivity index (χ1v) is 9.43. The van der Waals surface area contributed by atoms with E-state index in [4.69, 9.17) is 9.47 Å². The molecule has 2 aromatic heterocycles. The van der Waals surface area contributed by atoms with Gasteiger partial charge in [0.2, 0.25) is 5.13 Å². The molecule has 0 atom stereocenters. The molecule has 3 aromatic rings. The van der Waals surface area contributed by atoms with Gasteiger partial charge in [0, 0.05) is 18.0 Å². The smallest absolute Gasteiger partial charge is 0.257 e. The lowest BCUT2D eigenvalue weighted by molar-refractivity contribution is 0.102. The summed E-state index contributed by atoms with van der Waals surface area (Å²) >= 11 is 1.36. The highest BCUT2D eigenvalue weighted by atomic mass is 32.1. The largest absolute Gasteiger partial charge is 0.490 e. The van der Waals surface area contributed by atoms with E-state index < -0.39 is 0 Å². The number of benzene rings is 1. The van der Waals surface area contributed by atoms with Crippen LogP contribution in [0.1, 0.15) is 34.8 Å². The third-order valence-corrected chi connectivity index (χ3v) is 4.62. The monoisotopic (exact) mass is 384 g/mol. The molecule has 0 spiro atoms. The molecule has 0 unspecified atom stereocenters. The molecule has 3 rings (SSSR count). The summed E-state index contributed by atoms with van der Waals surface area (Å²) in [6.45, 7) is 4.73. The molecular formula is C19H20N4O3S. The fourth-order valence-corrected chi connectivity index (χ4v) is 2.97. The number of pyridine rings is 1. The van der Waals surface area contributed by atoms with E-state index in [0.29, 0.717) is 35.4 Å². The van der Waals surface area contributed by atoms with Crippen molar-refractivity contribution >= 4 is 22.4 Å². The van der Waals surface area contributed by atoms with Crippen LogP contribution in [0.4, 0.5) is 5.13 Å². The van der Waals surface area contributed by atoms with Crippen molar-refractivity contribution in [3.63, 3.8) is 0 Å². The first-order valence-electron chi connectivity index (χ1n) is 8.61. The third kappa shape index (κ3) is 5.01. The average molecular weight is 384 g/mol. The number of nitrogens with zero attached hydrogens (tertiary/aromatic N) is 3. The van der Waals surface area contributed by atoms with Crippen molar-refractivity contribution in [2.24, 2.45) is 0 Å². The number of anilines is 1. The highest BCUT2D eigenvalue weighted by Crippen LogP contribution is 2.30. The van der Waals surface area contributed by atoms with Gasteiger partial charge in [-0.2, -0.15) is 0 Å². The van der Waals surface area contributed by atoms with Crippen molar-refractivity contribution in [3.05, 3.63) is 58.9 Å². The predicted octanol–water partition coefficient (Wildman–Crippen LogP) is 3.73. The van der Waals surface area contributed by atoms with Crippen molar-refractivity contribution in [1.82, 2.24) is 15.2 Å². The van der Waals surface area contributed by atoms with Gasteiger partial charge in [0.05, 0.1) is 6.61 Å². The molecule has 1 N–H and O–H groups in total. The van der Waals surface area contributed by atoms with Crippen LogP contribution in [0.5, 0.6) is 11.5 Å². The number of ether oxygens (including phenoxy) is 2. The zero-order valence-corrected chi connectivity index (χ0v) is 16.0. The zero-order valence-electron chi connectivity index (χ0n) is 15.1.